The molecule has 4 aromatic rings. The molecule has 0 aliphatic rings. The van der Waals surface area contributed by atoms with E-state index in [0.717, 1.165) is 11.4 Å². The monoisotopic (exact) mass is 403 g/mol. The Labute approximate surface area is 171 Å². The third kappa shape index (κ3) is 3.68. The number of ether oxygens (including phenoxy) is 1. The second-order valence-electron chi connectivity index (χ2n) is 6.60. The van der Waals surface area contributed by atoms with Crippen molar-refractivity contribution >= 4 is 28.3 Å². The summed E-state index contributed by atoms with van der Waals surface area (Å²) >= 11 is 0. The maximum atomic E-state index is 12.5. The average molecular weight is 403 g/mol. The normalized spacial score (nSPS) is 10.7. The van der Waals surface area contributed by atoms with Crippen LogP contribution < -0.4 is 10.1 Å². The first-order valence-corrected chi connectivity index (χ1v) is 9.02. The number of nitro groups is 1. The van der Waals surface area contributed by atoms with Crippen LogP contribution in [-0.4, -0.2) is 32.9 Å². The van der Waals surface area contributed by atoms with Crippen LogP contribution in [0.3, 0.4) is 0 Å². The van der Waals surface area contributed by atoms with E-state index >= 15 is 0 Å². The first-order valence-electron chi connectivity index (χ1n) is 9.02. The molecule has 1 amide bonds. The molecule has 30 heavy (non-hydrogen) atoms. The van der Waals surface area contributed by atoms with Gasteiger partial charge in [0, 0.05) is 22.9 Å². The number of carbonyl (C=O) groups is 1. The van der Waals surface area contributed by atoms with Crippen molar-refractivity contribution in [3.05, 3.63) is 81.9 Å². The van der Waals surface area contributed by atoms with Gasteiger partial charge in [0.15, 0.2) is 0 Å². The van der Waals surface area contributed by atoms with Crippen LogP contribution >= 0.6 is 0 Å². The highest BCUT2D eigenvalue weighted by molar-refractivity contribution is 6.05. The fourth-order valence-corrected chi connectivity index (χ4v) is 3.03. The Morgan fingerprint density at radius 1 is 1.03 bits per heavy atom. The molecule has 0 spiro atoms. The van der Waals surface area contributed by atoms with E-state index in [1.807, 2.05) is 24.3 Å². The van der Waals surface area contributed by atoms with Gasteiger partial charge in [0.1, 0.15) is 16.8 Å². The molecule has 0 unspecified atom stereocenters. The molecule has 4 rings (SSSR count). The second kappa shape index (κ2) is 7.63. The van der Waals surface area contributed by atoms with Crippen molar-refractivity contribution in [3.8, 4) is 11.4 Å². The highest BCUT2D eigenvalue weighted by Gasteiger charge is 2.14. The number of hydrogen-bond acceptors (Lipinski definition) is 6. The number of nitro benzene ring substituents is 1. The van der Waals surface area contributed by atoms with E-state index in [0.29, 0.717) is 27.8 Å². The molecular weight excluding hydrogens is 386 g/mol. The van der Waals surface area contributed by atoms with E-state index in [1.165, 1.54) is 23.0 Å². The molecule has 0 atom stereocenters. The van der Waals surface area contributed by atoms with Crippen LogP contribution in [0.5, 0.6) is 5.75 Å². The third-order valence-corrected chi connectivity index (χ3v) is 4.60. The van der Waals surface area contributed by atoms with E-state index in [9.17, 15) is 14.9 Å². The van der Waals surface area contributed by atoms with Crippen molar-refractivity contribution in [2.24, 2.45) is 0 Å². The van der Waals surface area contributed by atoms with Crippen LogP contribution in [0.25, 0.3) is 16.7 Å². The number of anilines is 1. The summed E-state index contributed by atoms with van der Waals surface area (Å²) in [5.41, 5.74) is 3.34. The van der Waals surface area contributed by atoms with Crippen LogP contribution in [0, 0.1) is 17.0 Å². The Morgan fingerprint density at radius 3 is 2.43 bits per heavy atom. The number of benzene rings is 3. The van der Waals surface area contributed by atoms with E-state index in [4.69, 9.17) is 4.74 Å². The van der Waals surface area contributed by atoms with Gasteiger partial charge in [0.05, 0.1) is 17.7 Å². The number of aromatic nitrogens is 3. The van der Waals surface area contributed by atoms with Gasteiger partial charge in [-0.3, -0.25) is 14.9 Å². The van der Waals surface area contributed by atoms with Crippen LogP contribution in [-0.2, 0) is 0 Å². The molecule has 3 aromatic carbocycles. The summed E-state index contributed by atoms with van der Waals surface area (Å²) in [6.07, 6.45) is 0. The first kappa shape index (κ1) is 19.1. The largest absolute Gasteiger partial charge is 0.497 e. The van der Waals surface area contributed by atoms with Crippen molar-refractivity contribution < 1.29 is 14.5 Å². The predicted octanol–water partition coefficient (Wildman–Crippen LogP) is 3.90. The summed E-state index contributed by atoms with van der Waals surface area (Å²) in [7, 11) is 1.60. The highest BCUT2D eigenvalue weighted by Crippen LogP contribution is 2.22. The minimum atomic E-state index is -0.475. The molecule has 9 heteroatoms. The summed E-state index contributed by atoms with van der Waals surface area (Å²) in [6.45, 7) is 1.60. The average Bonchev–Trinajstić information content (AvgIpc) is 3.17. The van der Waals surface area contributed by atoms with Crippen LogP contribution in [0.1, 0.15) is 15.9 Å². The number of nitrogens with one attached hydrogen (secondary N) is 1. The quantitative estimate of drug-likeness (QED) is 0.399. The lowest BCUT2D eigenvalue weighted by Gasteiger charge is -2.06. The van der Waals surface area contributed by atoms with Crippen molar-refractivity contribution in [3.63, 3.8) is 0 Å². The van der Waals surface area contributed by atoms with Gasteiger partial charge in [-0.05, 0) is 61.5 Å². The molecule has 0 fully saturated rings. The maximum Gasteiger partial charge on any atom is 0.272 e. The van der Waals surface area contributed by atoms with Gasteiger partial charge in [0.25, 0.3) is 11.6 Å². The van der Waals surface area contributed by atoms with E-state index in [-0.39, 0.29) is 11.6 Å². The summed E-state index contributed by atoms with van der Waals surface area (Å²) in [6, 6.07) is 16.8. The number of hydrogen-bond donors (Lipinski definition) is 1. The van der Waals surface area contributed by atoms with E-state index in [1.54, 1.807) is 32.2 Å². The molecule has 0 saturated heterocycles. The number of carbonyl (C=O) groups excluding carboxylic acids is 1. The molecule has 1 aromatic heterocycles. The molecule has 0 radical (unpaired) electrons. The third-order valence-electron chi connectivity index (χ3n) is 4.60. The zero-order valence-electron chi connectivity index (χ0n) is 16.2. The first-order chi connectivity index (χ1) is 14.4. The maximum absolute atomic E-state index is 12.5. The Hall–Kier alpha value is -4.27. The fraction of sp³-hybridized carbons (Fsp3) is 0.0952. The Morgan fingerprint density at radius 2 is 1.77 bits per heavy atom. The number of methoxy groups -OCH3 is 1. The van der Waals surface area contributed by atoms with E-state index < -0.39 is 4.92 Å². The van der Waals surface area contributed by atoms with E-state index in [2.05, 4.69) is 15.5 Å². The van der Waals surface area contributed by atoms with Gasteiger partial charge < -0.3 is 10.1 Å². The zero-order chi connectivity index (χ0) is 21.3. The molecular formula is C21H17N5O4. The number of nitrogens with zero attached hydrogens (tertiary/aromatic N) is 4. The van der Waals surface area contributed by atoms with Crippen LogP contribution in [0.15, 0.2) is 60.7 Å². The minimum Gasteiger partial charge on any atom is -0.497 e. The molecule has 9 nitrogen and oxygen atoms in total. The second-order valence-corrected chi connectivity index (χ2v) is 6.60. The molecule has 150 valence electrons. The lowest BCUT2D eigenvalue weighted by molar-refractivity contribution is -0.385. The fourth-order valence-electron chi connectivity index (χ4n) is 3.03. The van der Waals surface area contributed by atoms with Crippen LogP contribution in [0.2, 0.25) is 0 Å². The molecule has 1 N–H and O–H groups in total. The minimum absolute atomic E-state index is 0.0249. The summed E-state index contributed by atoms with van der Waals surface area (Å²) < 4.78 is 5.16. The lowest BCUT2D eigenvalue weighted by atomic mass is 10.1. The number of fused-ring (bicyclic) bond motifs is 1. The number of rotatable bonds is 5. The Bertz CT molecular complexity index is 1260. The van der Waals surface area contributed by atoms with Crippen LogP contribution in [0.4, 0.5) is 11.4 Å². The smallest absolute Gasteiger partial charge is 0.272 e. The lowest BCUT2D eigenvalue weighted by Crippen LogP contribution is -2.12. The number of aryl methyl sites for hydroxylation is 1. The van der Waals surface area contributed by atoms with Crippen molar-refractivity contribution in [1.82, 2.24) is 15.0 Å². The van der Waals surface area contributed by atoms with Gasteiger partial charge in [-0.1, -0.05) is 0 Å². The summed E-state index contributed by atoms with van der Waals surface area (Å²) in [5.74, 6) is 0.372. The summed E-state index contributed by atoms with van der Waals surface area (Å²) in [4.78, 5) is 24.5. The molecule has 0 aliphatic heterocycles. The van der Waals surface area contributed by atoms with Crippen molar-refractivity contribution in [2.75, 3.05) is 12.4 Å². The standard InChI is InChI=1S/C21H17N5O4/c1-13-11-14(3-10-20(13)26(28)29)21(27)22-15-4-9-18-19(12-15)24-25(23-18)16-5-7-17(30-2)8-6-16/h3-12H,1-2H3,(H,22,27). The molecule has 0 aliphatic carbocycles. The molecule has 0 saturated carbocycles. The summed E-state index contributed by atoms with van der Waals surface area (Å²) in [5, 5.41) is 22.6. The van der Waals surface area contributed by atoms with Gasteiger partial charge >= 0.3 is 0 Å². The SMILES string of the molecule is COc1ccc(-n2nc3ccc(NC(=O)c4ccc([N+](=O)[O-])c(C)c4)cc3n2)cc1. The predicted molar refractivity (Wildman–Crippen MR) is 111 cm³/mol. The zero-order valence-corrected chi connectivity index (χ0v) is 16.2. The Kier molecular flexibility index (Phi) is 4.85. The highest BCUT2D eigenvalue weighted by atomic mass is 16.6. The van der Waals surface area contributed by atoms with Crippen molar-refractivity contribution in [2.45, 2.75) is 6.92 Å². The molecule has 1 heterocycles. The topological polar surface area (TPSA) is 112 Å². The van der Waals surface area contributed by atoms with Gasteiger partial charge in [-0.25, -0.2) is 0 Å². The van der Waals surface area contributed by atoms with Gasteiger partial charge in [0.2, 0.25) is 0 Å². The van der Waals surface area contributed by atoms with Crippen molar-refractivity contribution in [1.29, 1.82) is 0 Å². The van der Waals surface area contributed by atoms with Gasteiger partial charge in [-0.2, -0.15) is 4.80 Å². The number of amides is 1. The Balaban J connectivity index is 1.57. The molecule has 0 bridgehead atoms. The van der Waals surface area contributed by atoms with Gasteiger partial charge in [-0.15, -0.1) is 10.2 Å².